The van der Waals surface area contributed by atoms with Gasteiger partial charge in [-0.15, -0.1) is 0 Å². The van der Waals surface area contributed by atoms with Crippen molar-refractivity contribution in [1.82, 2.24) is 0 Å². The Balaban J connectivity index is 2.41. The van der Waals surface area contributed by atoms with Crippen molar-refractivity contribution in [3.05, 3.63) is 36.0 Å². The van der Waals surface area contributed by atoms with Crippen molar-refractivity contribution in [2.24, 2.45) is 11.3 Å². The Morgan fingerprint density at radius 2 is 2.28 bits per heavy atom. The standard InChI is InChI=1S/C15H20O3/c1-5-9(2)6-12-13-11(14(17)18-12)7-10(16)8-15(13,3)4/h5-7,10,12-13,16H,1,8H2,2-4H3/b9-6+/t10-,12-,13+/m1/s1. The highest BCUT2D eigenvalue weighted by Gasteiger charge is 2.50. The van der Waals surface area contributed by atoms with E-state index in [1.165, 1.54) is 0 Å². The molecular formula is C15H20O3. The van der Waals surface area contributed by atoms with Gasteiger partial charge in [0.25, 0.3) is 0 Å². The van der Waals surface area contributed by atoms with Crippen molar-refractivity contribution in [1.29, 1.82) is 0 Å². The molecule has 0 unspecified atom stereocenters. The van der Waals surface area contributed by atoms with Crippen LogP contribution in [0.25, 0.3) is 0 Å². The average Bonchev–Trinajstić information content (AvgIpc) is 2.54. The first kappa shape index (κ1) is 13.1. The molecule has 1 fully saturated rings. The molecule has 3 atom stereocenters. The molecule has 0 aromatic heterocycles. The number of cyclic esters (lactones) is 1. The fraction of sp³-hybridized carbons (Fsp3) is 0.533. The molecule has 0 spiro atoms. The molecule has 0 saturated carbocycles. The number of allylic oxidation sites excluding steroid dienone is 2. The molecule has 0 aromatic carbocycles. The highest BCUT2D eigenvalue weighted by Crippen LogP contribution is 2.48. The van der Waals surface area contributed by atoms with Crippen molar-refractivity contribution in [3.63, 3.8) is 0 Å². The Morgan fingerprint density at radius 3 is 2.89 bits per heavy atom. The molecule has 98 valence electrons. The minimum absolute atomic E-state index is 0.0169. The number of fused-ring (bicyclic) bond motifs is 1. The Kier molecular flexibility index (Phi) is 3.20. The topological polar surface area (TPSA) is 46.5 Å². The van der Waals surface area contributed by atoms with Crippen LogP contribution in [0.1, 0.15) is 27.2 Å². The lowest BCUT2D eigenvalue weighted by atomic mass is 9.66. The van der Waals surface area contributed by atoms with E-state index in [-0.39, 0.29) is 23.4 Å². The van der Waals surface area contributed by atoms with Crippen LogP contribution >= 0.6 is 0 Å². The third-order valence-electron chi connectivity index (χ3n) is 3.84. The number of hydrogen-bond donors (Lipinski definition) is 1. The van der Waals surface area contributed by atoms with Crippen molar-refractivity contribution < 1.29 is 14.6 Å². The van der Waals surface area contributed by atoms with Gasteiger partial charge < -0.3 is 9.84 Å². The van der Waals surface area contributed by atoms with Crippen LogP contribution in [0.3, 0.4) is 0 Å². The molecule has 1 aliphatic carbocycles. The maximum absolute atomic E-state index is 11.9. The molecule has 0 bridgehead atoms. The summed E-state index contributed by atoms with van der Waals surface area (Å²) in [7, 11) is 0. The summed E-state index contributed by atoms with van der Waals surface area (Å²) in [6.45, 7) is 9.79. The van der Waals surface area contributed by atoms with E-state index in [4.69, 9.17) is 4.74 Å². The fourth-order valence-corrected chi connectivity index (χ4v) is 2.99. The van der Waals surface area contributed by atoms with Crippen molar-refractivity contribution >= 4 is 5.97 Å². The number of ether oxygens (including phenoxy) is 1. The van der Waals surface area contributed by atoms with Gasteiger partial charge in [-0.05, 0) is 30.9 Å². The van der Waals surface area contributed by atoms with E-state index >= 15 is 0 Å². The van der Waals surface area contributed by atoms with Gasteiger partial charge in [0.1, 0.15) is 6.10 Å². The third kappa shape index (κ3) is 2.15. The van der Waals surface area contributed by atoms with Gasteiger partial charge in [0.2, 0.25) is 0 Å². The number of hydrogen-bond acceptors (Lipinski definition) is 3. The molecule has 0 aromatic rings. The Morgan fingerprint density at radius 1 is 1.61 bits per heavy atom. The molecular weight excluding hydrogens is 228 g/mol. The zero-order chi connectivity index (χ0) is 13.5. The lowest BCUT2D eigenvalue weighted by Crippen LogP contribution is -2.37. The van der Waals surface area contributed by atoms with E-state index in [1.54, 1.807) is 12.2 Å². The fourth-order valence-electron chi connectivity index (χ4n) is 2.99. The van der Waals surface area contributed by atoms with Gasteiger partial charge in [-0.1, -0.05) is 32.1 Å². The largest absolute Gasteiger partial charge is 0.454 e. The highest BCUT2D eigenvalue weighted by atomic mass is 16.6. The SMILES string of the molecule is C=C/C(C)=C/[C@H]1OC(=O)C2=C[C@@H](O)CC(C)(C)[C@@H]21. The van der Waals surface area contributed by atoms with Crippen LogP contribution in [0.2, 0.25) is 0 Å². The van der Waals surface area contributed by atoms with Crippen LogP contribution in [0.15, 0.2) is 36.0 Å². The first-order valence-electron chi connectivity index (χ1n) is 6.27. The van der Waals surface area contributed by atoms with E-state index in [0.717, 1.165) is 5.57 Å². The second kappa shape index (κ2) is 4.39. The summed E-state index contributed by atoms with van der Waals surface area (Å²) >= 11 is 0. The molecule has 0 amide bonds. The van der Waals surface area contributed by atoms with Crippen LogP contribution in [0.4, 0.5) is 0 Å². The van der Waals surface area contributed by atoms with Crippen molar-refractivity contribution in [2.45, 2.75) is 39.4 Å². The zero-order valence-electron chi connectivity index (χ0n) is 11.1. The number of carbonyl (C=O) groups is 1. The lowest BCUT2D eigenvalue weighted by Gasteiger charge is -2.38. The van der Waals surface area contributed by atoms with Gasteiger partial charge in [0.15, 0.2) is 0 Å². The number of esters is 1. The Bertz CT molecular complexity index is 443. The summed E-state index contributed by atoms with van der Waals surface area (Å²) in [5.41, 5.74) is 1.46. The molecule has 2 rings (SSSR count). The Hall–Kier alpha value is -1.35. The second-order valence-corrected chi connectivity index (χ2v) is 5.84. The molecule has 0 radical (unpaired) electrons. The van der Waals surface area contributed by atoms with Gasteiger partial charge in [-0.2, -0.15) is 0 Å². The van der Waals surface area contributed by atoms with Crippen LogP contribution in [-0.2, 0) is 9.53 Å². The maximum Gasteiger partial charge on any atom is 0.334 e. The Labute approximate surface area is 108 Å². The number of carbonyl (C=O) groups excluding carboxylic acids is 1. The lowest BCUT2D eigenvalue weighted by molar-refractivity contribution is -0.137. The number of aliphatic hydroxyl groups is 1. The van der Waals surface area contributed by atoms with E-state index in [2.05, 4.69) is 20.4 Å². The number of rotatable bonds is 2. The van der Waals surface area contributed by atoms with Gasteiger partial charge in [-0.3, -0.25) is 0 Å². The van der Waals surface area contributed by atoms with Gasteiger partial charge >= 0.3 is 5.97 Å². The van der Waals surface area contributed by atoms with Crippen molar-refractivity contribution in [2.75, 3.05) is 0 Å². The summed E-state index contributed by atoms with van der Waals surface area (Å²) in [6.07, 6.45) is 5.19. The highest BCUT2D eigenvalue weighted by molar-refractivity contribution is 5.92. The normalized spacial score (nSPS) is 34.7. The average molecular weight is 248 g/mol. The first-order valence-corrected chi connectivity index (χ1v) is 6.27. The summed E-state index contributed by atoms with van der Waals surface area (Å²) in [6, 6.07) is 0. The second-order valence-electron chi connectivity index (χ2n) is 5.84. The predicted octanol–water partition coefficient (Wildman–Crippen LogP) is 2.38. The van der Waals surface area contributed by atoms with E-state index < -0.39 is 6.10 Å². The maximum atomic E-state index is 11.9. The quantitative estimate of drug-likeness (QED) is 0.603. The van der Waals surface area contributed by atoms with Gasteiger partial charge in [-0.25, -0.2) is 4.79 Å². The molecule has 1 heterocycles. The summed E-state index contributed by atoms with van der Waals surface area (Å²) < 4.78 is 5.42. The molecule has 1 saturated heterocycles. The molecule has 2 aliphatic rings. The smallest absolute Gasteiger partial charge is 0.334 e. The summed E-state index contributed by atoms with van der Waals surface area (Å²) in [5.74, 6) is -0.284. The third-order valence-corrected chi connectivity index (χ3v) is 3.84. The van der Waals surface area contributed by atoms with Gasteiger partial charge in [0, 0.05) is 11.5 Å². The monoisotopic (exact) mass is 248 g/mol. The first-order chi connectivity index (χ1) is 8.35. The zero-order valence-corrected chi connectivity index (χ0v) is 11.1. The summed E-state index contributed by atoms with van der Waals surface area (Å²) in [5, 5.41) is 9.81. The van der Waals surface area contributed by atoms with E-state index in [0.29, 0.717) is 12.0 Å². The predicted molar refractivity (Wildman–Crippen MR) is 69.8 cm³/mol. The van der Waals surface area contributed by atoms with Gasteiger partial charge in [0.05, 0.1) is 6.10 Å². The minimum Gasteiger partial charge on any atom is -0.454 e. The van der Waals surface area contributed by atoms with E-state index in [1.807, 2.05) is 13.0 Å². The molecule has 1 aliphatic heterocycles. The van der Waals surface area contributed by atoms with Crippen molar-refractivity contribution in [3.8, 4) is 0 Å². The number of aliphatic hydroxyl groups excluding tert-OH is 1. The molecule has 1 N–H and O–H groups in total. The minimum atomic E-state index is -0.554. The van der Waals surface area contributed by atoms with Crippen LogP contribution in [0, 0.1) is 11.3 Å². The summed E-state index contributed by atoms with van der Waals surface area (Å²) in [4.78, 5) is 11.9. The molecule has 3 heteroatoms. The molecule has 3 nitrogen and oxygen atoms in total. The van der Waals surface area contributed by atoms with Crippen LogP contribution < -0.4 is 0 Å². The van der Waals surface area contributed by atoms with Crippen LogP contribution in [0.5, 0.6) is 0 Å². The van der Waals surface area contributed by atoms with Crippen LogP contribution in [-0.4, -0.2) is 23.3 Å². The molecule has 18 heavy (non-hydrogen) atoms. The van der Waals surface area contributed by atoms with E-state index in [9.17, 15) is 9.90 Å².